The molecule has 3 N–H and O–H groups in total. The summed E-state index contributed by atoms with van der Waals surface area (Å²) >= 11 is 0. The molecule has 0 aliphatic carbocycles. The Balaban J connectivity index is 3.23. The largest absolute Gasteiger partial charge is 0.393 e. The fourth-order valence-electron chi connectivity index (χ4n) is 1.81. The second kappa shape index (κ2) is 5.96. The molecule has 118 valence electrons. The number of likely N-dealkylation sites (N-methyl/N-ethyl adjacent to an activating group) is 1. The summed E-state index contributed by atoms with van der Waals surface area (Å²) in [5.41, 5.74) is 3.75. The van der Waals surface area contributed by atoms with Crippen LogP contribution in [0.3, 0.4) is 0 Å². The van der Waals surface area contributed by atoms with E-state index in [0.717, 1.165) is 22.5 Å². The molecule has 0 aliphatic heterocycles. The summed E-state index contributed by atoms with van der Waals surface area (Å²) in [4.78, 5) is 9.87. The third-order valence-electron chi connectivity index (χ3n) is 2.75. The normalized spacial score (nSPS) is 12.6. The Morgan fingerprint density at radius 3 is 2.38 bits per heavy atom. The van der Waals surface area contributed by atoms with Crippen LogP contribution in [0.15, 0.2) is 23.1 Å². The van der Waals surface area contributed by atoms with Gasteiger partial charge in [-0.1, -0.05) is 6.92 Å². The minimum absolute atomic E-state index is 0.0945. The highest BCUT2D eigenvalue weighted by Gasteiger charge is 2.29. The summed E-state index contributed by atoms with van der Waals surface area (Å²) in [7, 11) is -3.88. The summed E-state index contributed by atoms with van der Waals surface area (Å²) in [5.74, 6) is 0. The predicted octanol–water partition coefficient (Wildman–Crippen LogP) is 0.959. The Morgan fingerprint density at radius 1 is 1.43 bits per heavy atom. The average molecular weight is 317 g/mol. The van der Waals surface area contributed by atoms with Gasteiger partial charge in [0.15, 0.2) is 0 Å². The molecule has 0 atom stereocenters. The van der Waals surface area contributed by atoms with Crippen LogP contribution in [0.4, 0.5) is 11.4 Å². The van der Waals surface area contributed by atoms with Crippen LogP contribution < -0.4 is 5.73 Å². The molecule has 8 nitrogen and oxygen atoms in total. The number of anilines is 1. The number of nitro benzene ring substituents is 1. The highest BCUT2D eigenvalue weighted by Crippen LogP contribution is 2.26. The first-order valence-corrected chi connectivity index (χ1v) is 7.69. The van der Waals surface area contributed by atoms with Crippen LogP contribution in [0.25, 0.3) is 0 Å². The number of nitrogens with two attached hydrogens (primary N) is 1. The maximum absolute atomic E-state index is 12.5. The molecule has 1 aromatic carbocycles. The Labute approximate surface area is 123 Å². The fraction of sp³-hybridized carbons (Fsp3) is 0.500. The van der Waals surface area contributed by atoms with Gasteiger partial charge in [-0.05, 0) is 26.0 Å². The zero-order chi connectivity index (χ0) is 16.4. The molecular weight excluding hydrogens is 298 g/mol. The van der Waals surface area contributed by atoms with E-state index in [-0.39, 0.29) is 29.4 Å². The van der Waals surface area contributed by atoms with Crippen molar-refractivity contribution in [1.29, 1.82) is 0 Å². The molecule has 0 saturated carbocycles. The third kappa shape index (κ3) is 4.13. The van der Waals surface area contributed by atoms with E-state index in [2.05, 4.69) is 0 Å². The molecule has 0 amide bonds. The minimum Gasteiger partial charge on any atom is -0.393 e. The molecule has 1 rings (SSSR count). The van der Waals surface area contributed by atoms with Gasteiger partial charge in [0.05, 0.1) is 15.4 Å². The van der Waals surface area contributed by atoms with Gasteiger partial charge >= 0.3 is 0 Å². The molecule has 0 aromatic heterocycles. The summed E-state index contributed by atoms with van der Waals surface area (Å²) in [6.45, 7) is 4.69. The van der Waals surface area contributed by atoms with Crippen molar-refractivity contribution in [2.24, 2.45) is 0 Å². The number of nitrogens with zero attached hydrogens (tertiary/aromatic N) is 2. The molecule has 0 radical (unpaired) electrons. The number of nitrogen functional groups attached to an aromatic ring is 1. The Morgan fingerprint density at radius 2 is 2.00 bits per heavy atom. The molecule has 0 bridgehead atoms. The van der Waals surface area contributed by atoms with E-state index in [9.17, 15) is 23.6 Å². The Hall–Kier alpha value is -1.71. The first-order valence-electron chi connectivity index (χ1n) is 6.25. The molecule has 0 aliphatic rings. The second-order valence-electron chi connectivity index (χ2n) is 5.22. The van der Waals surface area contributed by atoms with Crippen LogP contribution >= 0.6 is 0 Å². The minimum atomic E-state index is -3.88. The SMILES string of the molecule is CCN(CC(C)(C)O)S(=O)(=O)c1ccc([N+](=O)[O-])c(N)c1. The van der Waals surface area contributed by atoms with Gasteiger partial charge in [0, 0.05) is 19.2 Å². The quantitative estimate of drug-likeness (QED) is 0.457. The summed E-state index contributed by atoms with van der Waals surface area (Å²) in [6, 6.07) is 3.25. The summed E-state index contributed by atoms with van der Waals surface area (Å²) in [6.07, 6.45) is 0. The van der Waals surface area contributed by atoms with Crippen molar-refractivity contribution in [2.45, 2.75) is 31.3 Å². The zero-order valence-electron chi connectivity index (χ0n) is 12.1. The third-order valence-corrected chi connectivity index (χ3v) is 4.67. The number of hydrogen-bond acceptors (Lipinski definition) is 6. The second-order valence-corrected chi connectivity index (χ2v) is 7.16. The lowest BCUT2D eigenvalue weighted by atomic mass is 10.1. The lowest BCUT2D eigenvalue weighted by molar-refractivity contribution is -0.383. The van der Waals surface area contributed by atoms with E-state index in [1.807, 2.05) is 0 Å². The predicted molar refractivity (Wildman–Crippen MR) is 78.2 cm³/mol. The van der Waals surface area contributed by atoms with E-state index in [0.29, 0.717) is 0 Å². The van der Waals surface area contributed by atoms with Gasteiger partial charge in [0.1, 0.15) is 5.69 Å². The van der Waals surface area contributed by atoms with Crippen molar-refractivity contribution >= 4 is 21.4 Å². The number of rotatable bonds is 6. The van der Waals surface area contributed by atoms with Crippen molar-refractivity contribution < 1.29 is 18.4 Å². The standard InChI is InChI=1S/C12H19N3O5S/c1-4-14(8-12(2,3)16)21(19,20)9-5-6-11(15(17)18)10(13)7-9/h5-7,16H,4,8,13H2,1-3H3. The van der Waals surface area contributed by atoms with Gasteiger partial charge < -0.3 is 10.8 Å². The summed E-state index contributed by atoms with van der Waals surface area (Å²) < 4.78 is 26.0. The highest BCUT2D eigenvalue weighted by atomic mass is 32.2. The van der Waals surface area contributed by atoms with E-state index >= 15 is 0 Å². The van der Waals surface area contributed by atoms with Crippen LogP contribution in [-0.4, -0.2) is 41.4 Å². The maximum Gasteiger partial charge on any atom is 0.292 e. The van der Waals surface area contributed by atoms with Crippen molar-refractivity contribution in [3.05, 3.63) is 28.3 Å². The number of aliphatic hydroxyl groups is 1. The van der Waals surface area contributed by atoms with Crippen LogP contribution in [-0.2, 0) is 10.0 Å². The number of sulfonamides is 1. The van der Waals surface area contributed by atoms with Gasteiger partial charge in [0.25, 0.3) is 5.69 Å². The Bertz CT molecular complexity index is 637. The zero-order valence-corrected chi connectivity index (χ0v) is 12.9. The van der Waals surface area contributed by atoms with Crippen molar-refractivity contribution in [1.82, 2.24) is 4.31 Å². The van der Waals surface area contributed by atoms with Crippen LogP contribution in [0.1, 0.15) is 20.8 Å². The van der Waals surface area contributed by atoms with E-state index in [1.165, 1.54) is 13.8 Å². The van der Waals surface area contributed by atoms with Crippen LogP contribution in [0, 0.1) is 10.1 Å². The van der Waals surface area contributed by atoms with Gasteiger partial charge in [-0.3, -0.25) is 10.1 Å². The summed E-state index contributed by atoms with van der Waals surface area (Å²) in [5, 5.41) is 20.5. The fourth-order valence-corrected chi connectivity index (χ4v) is 3.45. The molecule has 9 heteroatoms. The first kappa shape index (κ1) is 17.3. The number of nitro groups is 1. The van der Waals surface area contributed by atoms with Gasteiger partial charge in [-0.25, -0.2) is 8.42 Å². The van der Waals surface area contributed by atoms with Gasteiger partial charge in [0.2, 0.25) is 10.0 Å². The molecule has 1 aromatic rings. The average Bonchev–Trinajstić information content (AvgIpc) is 2.34. The molecule has 21 heavy (non-hydrogen) atoms. The van der Waals surface area contributed by atoms with Crippen LogP contribution in [0.2, 0.25) is 0 Å². The maximum atomic E-state index is 12.5. The van der Waals surface area contributed by atoms with E-state index in [1.54, 1.807) is 6.92 Å². The highest BCUT2D eigenvalue weighted by molar-refractivity contribution is 7.89. The first-order chi connectivity index (χ1) is 9.49. The van der Waals surface area contributed by atoms with E-state index < -0.39 is 20.5 Å². The number of hydrogen-bond donors (Lipinski definition) is 2. The van der Waals surface area contributed by atoms with Crippen molar-refractivity contribution in [3.8, 4) is 0 Å². The molecule has 0 unspecified atom stereocenters. The molecule has 0 heterocycles. The molecular formula is C12H19N3O5S. The van der Waals surface area contributed by atoms with Gasteiger partial charge in [-0.15, -0.1) is 0 Å². The van der Waals surface area contributed by atoms with Crippen molar-refractivity contribution in [2.75, 3.05) is 18.8 Å². The van der Waals surface area contributed by atoms with Crippen molar-refractivity contribution in [3.63, 3.8) is 0 Å². The van der Waals surface area contributed by atoms with E-state index in [4.69, 9.17) is 5.73 Å². The Kier molecular flexibility index (Phi) is 4.92. The number of benzene rings is 1. The lowest BCUT2D eigenvalue weighted by Crippen LogP contribution is -2.42. The van der Waals surface area contributed by atoms with Gasteiger partial charge in [-0.2, -0.15) is 4.31 Å². The topological polar surface area (TPSA) is 127 Å². The monoisotopic (exact) mass is 317 g/mol. The molecule has 0 spiro atoms. The molecule has 0 saturated heterocycles. The van der Waals surface area contributed by atoms with Crippen LogP contribution in [0.5, 0.6) is 0 Å². The smallest absolute Gasteiger partial charge is 0.292 e. The molecule has 0 fully saturated rings. The lowest BCUT2D eigenvalue weighted by Gasteiger charge is -2.27.